The van der Waals surface area contributed by atoms with Gasteiger partial charge in [0.1, 0.15) is 0 Å². The van der Waals surface area contributed by atoms with Crippen LogP contribution in [0, 0.1) is 10.1 Å². The quantitative estimate of drug-likeness (QED) is 0.243. The van der Waals surface area contributed by atoms with E-state index in [4.69, 9.17) is 9.47 Å². The zero-order chi connectivity index (χ0) is 22.9. The number of nitro benzene ring substituents is 1. The van der Waals surface area contributed by atoms with E-state index in [0.717, 1.165) is 17.5 Å². The number of benzene rings is 2. The molecule has 0 saturated carbocycles. The van der Waals surface area contributed by atoms with E-state index in [1.807, 2.05) is 0 Å². The Morgan fingerprint density at radius 1 is 1.21 bits per heavy atom. The number of anilines is 1. The highest BCUT2D eigenvalue weighted by molar-refractivity contribution is 8.00. The number of fused-ring (bicyclic) bond motifs is 2. The Morgan fingerprint density at radius 3 is 2.79 bits per heavy atom. The zero-order valence-corrected chi connectivity index (χ0v) is 18.6. The summed E-state index contributed by atoms with van der Waals surface area (Å²) in [5, 5.41) is 14.1. The van der Waals surface area contributed by atoms with E-state index in [1.54, 1.807) is 18.2 Å². The molecule has 2 aliphatic rings. The van der Waals surface area contributed by atoms with E-state index < -0.39 is 4.92 Å². The van der Waals surface area contributed by atoms with Gasteiger partial charge in [-0.15, -0.1) is 11.8 Å². The third kappa shape index (κ3) is 4.26. The monoisotopic (exact) mass is 484 g/mol. The second-order valence-corrected chi connectivity index (χ2v) is 9.14. The number of carbonyl (C=O) groups is 1. The van der Waals surface area contributed by atoms with Crippen molar-refractivity contribution < 1.29 is 19.2 Å². The largest absolute Gasteiger partial charge is 0.454 e. The van der Waals surface area contributed by atoms with E-state index in [2.05, 4.69) is 10.3 Å². The van der Waals surface area contributed by atoms with Crippen LogP contribution in [0.4, 0.5) is 11.4 Å². The topological polar surface area (TPSA) is 126 Å². The molecule has 2 aromatic carbocycles. The summed E-state index contributed by atoms with van der Waals surface area (Å²) in [5.41, 5.74) is 1.41. The van der Waals surface area contributed by atoms with Gasteiger partial charge in [0.25, 0.3) is 11.2 Å². The molecule has 168 valence electrons. The summed E-state index contributed by atoms with van der Waals surface area (Å²) >= 11 is 2.57. The number of carbonyl (C=O) groups excluding carboxylic acids is 1. The van der Waals surface area contributed by atoms with Crippen molar-refractivity contribution in [2.45, 2.75) is 16.5 Å². The zero-order valence-electron chi connectivity index (χ0n) is 17.0. The predicted octanol–water partition coefficient (Wildman–Crippen LogP) is 3.25. The highest BCUT2D eigenvalue weighted by Crippen LogP contribution is 2.34. The molecular weight excluding hydrogens is 468 g/mol. The van der Waals surface area contributed by atoms with E-state index in [0.29, 0.717) is 45.0 Å². The fourth-order valence-corrected chi connectivity index (χ4v) is 5.29. The molecule has 0 unspecified atom stereocenters. The van der Waals surface area contributed by atoms with Crippen molar-refractivity contribution in [1.82, 2.24) is 9.55 Å². The molecule has 33 heavy (non-hydrogen) atoms. The second-order valence-electron chi connectivity index (χ2n) is 7.09. The van der Waals surface area contributed by atoms with Crippen LogP contribution in [-0.2, 0) is 11.2 Å². The van der Waals surface area contributed by atoms with Gasteiger partial charge in [-0.25, -0.2) is 4.98 Å². The number of hydrogen-bond donors (Lipinski definition) is 1. The number of rotatable bonds is 6. The predicted molar refractivity (Wildman–Crippen MR) is 123 cm³/mol. The van der Waals surface area contributed by atoms with Gasteiger partial charge in [-0.3, -0.25) is 24.3 Å². The lowest BCUT2D eigenvalue weighted by atomic mass is 10.2. The van der Waals surface area contributed by atoms with Crippen molar-refractivity contribution in [3.63, 3.8) is 0 Å². The number of nitro groups is 1. The first-order valence-electron chi connectivity index (χ1n) is 9.85. The lowest BCUT2D eigenvalue weighted by Gasteiger charge is -2.13. The highest BCUT2D eigenvalue weighted by Gasteiger charge is 2.23. The third-order valence-corrected chi connectivity index (χ3v) is 7.02. The molecule has 0 atom stereocenters. The maximum Gasteiger partial charge on any atom is 0.272 e. The fourth-order valence-electron chi connectivity index (χ4n) is 3.44. The number of non-ortho nitro benzene ring substituents is 1. The number of nitrogens with one attached hydrogen (secondary N) is 1. The number of thioether (sulfide) groups is 2. The summed E-state index contributed by atoms with van der Waals surface area (Å²) in [4.78, 5) is 41.4. The summed E-state index contributed by atoms with van der Waals surface area (Å²) in [6, 6.07) is 10.8. The molecule has 0 radical (unpaired) electrons. The van der Waals surface area contributed by atoms with Gasteiger partial charge in [0.15, 0.2) is 16.7 Å². The number of nitrogens with zero attached hydrogens (tertiary/aromatic N) is 3. The van der Waals surface area contributed by atoms with E-state index in [-0.39, 0.29) is 29.7 Å². The Kier molecular flexibility index (Phi) is 5.68. The van der Waals surface area contributed by atoms with Crippen LogP contribution < -0.4 is 20.3 Å². The van der Waals surface area contributed by atoms with Crippen molar-refractivity contribution in [1.29, 1.82) is 0 Å². The smallest absolute Gasteiger partial charge is 0.272 e. The Morgan fingerprint density at radius 2 is 2.00 bits per heavy atom. The third-order valence-electron chi connectivity index (χ3n) is 4.97. The van der Waals surface area contributed by atoms with Crippen LogP contribution in [0.15, 0.2) is 57.3 Å². The Bertz CT molecular complexity index is 1330. The molecule has 0 bridgehead atoms. The van der Waals surface area contributed by atoms with Crippen LogP contribution in [0.1, 0.15) is 5.69 Å². The van der Waals surface area contributed by atoms with Crippen LogP contribution in [0.25, 0.3) is 5.69 Å². The van der Waals surface area contributed by atoms with Gasteiger partial charge in [-0.1, -0.05) is 11.8 Å². The minimum Gasteiger partial charge on any atom is -0.454 e. The minimum absolute atomic E-state index is 0.0137. The molecule has 10 nitrogen and oxygen atoms in total. The first kappa shape index (κ1) is 21.3. The SMILES string of the molecule is O=C(CSc1nc2c(c(=O)n1-c1ccc([N+](=O)[O-])cc1)SCC2)Nc1ccc2c(c1)OCO2. The molecule has 0 saturated heterocycles. The van der Waals surface area contributed by atoms with Crippen LogP contribution in [0.3, 0.4) is 0 Å². The Balaban J connectivity index is 1.39. The van der Waals surface area contributed by atoms with Crippen molar-refractivity contribution in [3.8, 4) is 17.2 Å². The Labute approximate surface area is 195 Å². The van der Waals surface area contributed by atoms with Crippen LogP contribution in [-0.4, -0.2) is 38.7 Å². The molecule has 1 N–H and O–H groups in total. The van der Waals surface area contributed by atoms with Gasteiger partial charge in [0, 0.05) is 36.1 Å². The van der Waals surface area contributed by atoms with E-state index in [1.165, 1.54) is 40.6 Å². The lowest BCUT2D eigenvalue weighted by molar-refractivity contribution is -0.384. The van der Waals surface area contributed by atoms with Gasteiger partial charge in [-0.2, -0.15) is 0 Å². The summed E-state index contributed by atoms with van der Waals surface area (Å²) in [5.74, 6) is 1.68. The van der Waals surface area contributed by atoms with Crippen molar-refractivity contribution >= 4 is 40.8 Å². The molecule has 1 aromatic heterocycles. The van der Waals surface area contributed by atoms with Crippen LogP contribution >= 0.6 is 23.5 Å². The normalized spacial score (nSPS) is 13.6. The molecule has 5 rings (SSSR count). The molecule has 1 amide bonds. The number of hydrogen-bond acceptors (Lipinski definition) is 9. The van der Waals surface area contributed by atoms with Crippen LogP contribution in [0.2, 0.25) is 0 Å². The Hall–Kier alpha value is -3.51. The lowest BCUT2D eigenvalue weighted by Crippen LogP contribution is -2.24. The average Bonchev–Trinajstić information content (AvgIpc) is 3.47. The van der Waals surface area contributed by atoms with Gasteiger partial charge >= 0.3 is 0 Å². The first-order chi connectivity index (χ1) is 16.0. The summed E-state index contributed by atoms with van der Waals surface area (Å²) in [6.45, 7) is 0.144. The number of aryl methyl sites for hydroxylation is 1. The number of ether oxygens (including phenoxy) is 2. The van der Waals surface area contributed by atoms with Gasteiger partial charge in [0.2, 0.25) is 12.7 Å². The summed E-state index contributed by atoms with van der Waals surface area (Å²) < 4.78 is 12.0. The molecular formula is C21H16N4O6S2. The van der Waals surface area contributed by atoms with Crippen LogP contribution in [0.5, 0.6) is 11.5 Å². The molecule has 12 heteroatoms. The van der Waals surface area contributed by atoms with Crippen molar-refractivity contribution in [3.05, 3.63) is 68.6 Å². The molecule has 0 aliphatic carbocycles. The summed E-state index contributed by atoms with van der Waals surface area (Å²) in [7, 11) is 0. The molecule has 3 aromatic rings. The second kappa shape index (κ2) is 8.79. The number of amides is 1. The van der Waals surface area contributed by atoms with Gasteiger partial charge in [-0.05, 0) is 24.3 Å². The van der Waals surface area contributed by atoms with Gasteiger partial charge in [0.05, 0.1) is 27.0 Å². The first-order valence-corrected chi connectivity index (χ1v) is 11.8. The van der Waals surface area contributed by atoms with E-state index in [9.17, 15) is 19.7 Å². The molecule has 0 fully saturated rings. The minimum atomic E-state index is -0.501. The van der Waals surface area contributed by atoms with Crippen molar-refractivity contribution in [2.75, 3.05) is 23.6 Å². The van der Waals surface area contributed by atoms with Crippen molar-refractivity contribution in [2.24, 2.45) is 0 Å². The summed E-state index contributed by atoms with van der Waals surface area (Å²) in [6.07, 6.45) is 0.674. The van der Waals surface area contributed by atoms with E-state index >= 15 is 0 Å². The van der Waals surface area contributed by atoms with Gasteiger partial charge < -0.3 is 14.8 Å². The molecule has 2 aliphatic heterocycles. The average molecular weight is 485 g/mol. The maximum atomic E-state index is 13.2. The number of aromatic nitrogens is 2. The fraction of sp³-hybridized carbons (Fsp3) is 0.190. The maximum absolute atomic E-state index is 13.2. The molecule has 0 spiro atoms. The highest BCUT2D eigenvalue weighted by atomic mass is 32.2. The molecule has 3 heterocycles. The standard InChI is InChI=1S/C21H16N4O6S2/c26-18(22-12-1-6-16-17(9-12)31-11-30-16)10-33-21-23-15-7-8-32-19(15)20(27)24(21)13-2-4-14(5-3-13)25(28)29/h1-6,9H,7-8,10-11H2,(H,22,26).